The average molecular weight is 468 g/mol. The highest BCUT2D eigenvalue weighted by Gasteiger charge is 2.24. The monoisotopic (exact) mass is 467 g/mol. The largest absolute Gasteiger partial charge is 0.456 e. The van der Waals surface area contributed by atoms with E-state index in [1.165, 1.54) is 39.0 Å². The standard InChI is InChI=1S/C34H29NO/c1-34(2,3)35(27-20-16-25(17-21-27)24-10-5-4-6-11-24)28-22-18-26(19-23-28)29-13-9-15-32-33(29)30-12-7-8-14-31(30)36-32/h4-23H,1-3H3. The van der Waals surface area contributed by atoms with Crippen LogP contribution in [0.15, 0.2) is 126 Å². The summed E-state index contributed by atoms with van der Waals surface area (Å²) in [6, 6.07) is 42.9. The fraction of sp³-hybridized carbons (Fsp3) is 0.118. The third-order valence-electron chi connectivity index (χ3n) is 6.74. The number of rotatable bonds is 4. The molecule has 0 N–H and O–H groups in total. The highest BCUT2D eigenvalue weighted by atomic mass is 16.3. The van der Waals surface area contributed by atoms with Gasteiger partial charge in [0, 0.05) is 27.7 Å². The molecule has 0 fully saturated rings. The minimum Gasteiger partial charge on any atom is -0.456 e. The van der Waals surface area contributed by atoms with E-state index in [2.05, 4.69) is 129 Å². The summed E-state index contributed by atoms with van der Waals surface area (Å²) in [7, 11) is 0. The summed E-state index contributed by atoms with van der Waals surface area (Å²) >= 11 is 0. The second-order valence-electron chi connectivity index (χ2n) is 10.2. The van der Waals surface area contributed by atoms with Crippen LogP contribution in [0.4, 0.5) is 11.4 Å². The summed E-state index contributed by atoms with van der Waals surface area (Å²) in [5.74, 6) is 0. The van der Waals surface area contributed by atoms with E-state index in [4.69, 9.17) is 4.42 Å². The maximum Gasteiger partial charge on any atom is 0.136 e. The third-order valence-corrected chi connectivity index (χ3v) is 6.74. The van der Waals surface area contributed by atoms with Gasteiger partial charge in [0.05, 0.1) is 0 Å². The van der Waals surface area contributed by atoms with Crippen LogP contribution < -0.4 is 4.90 Å². The zero-order chi connectivity index (χ0) is 24.7. The van der Waals surface area contributed by atoms with Crippen molar-refractivity contribution in [1.29, 1.82) is 0 Å². The Morgan fingerprint density at radius 1 is 0.500 bits per heavy atom. The van der Waals surface area contributed by atoms with Gasteiger partial charge < -0.3 is 9.32 Å². The second-order valence-corrected chi connectivity index (χ2v) is 10.2. The van der Waals surface area contributed by atoms with Gasteiger partial charge in [0.25, 0.3) is 0 Å². The van der Waals surface area contributed by atoms with Crippen molar-refractivity contribution >= 4 is 33.3 Å². The van der Waals surface area contributed by atoms with E-state index in [1.807, 2.05) is 18.2 Å². The van der Waals surface area contributed by atoms with Gasteiger partial charge in [-0.2, -0.15) is 0 Å². The molecule has 2 nitrogen and oxygen atoms in total. The fourth-order valence-corrected chi connectivity index (χ4v) is 5.16. The highest BCUT2D eigenvalue weighted by Crippen LogP contribution is 2.39. The van der Waals surface area contributed by atoms with Crippen LogP contribution in [0.2, 0.25) is 0 Å². The summed E-state index contributed by atoms with van der Waals surface area (Å²) < 4.78 is 6.11. The number of fused-ring (bicyclic) bond motifs is 3. The molecule has 0 radical (unpaired) electrons. The van der Waals surface area contributed by atoms with Crippen molar-refractivity contribution in [2.45, 2.75) is 26.3 Å². The van der Waals surface area contributed by atoms with Gasteiger partial charge in [-0.15, -0.1) is 0 Å². The molecular weight excluding hydrogens is 438 g/mol. The van der Waals surface area contributed by atoms with Gasteiger partial charge in [-0.25, -0.2) is 0 Å². The molecule has 6 rings (SSSR count). The van der Waals surface area contributed by atoms with Crippen LogP contribution in [-0.4, -0.2) is 5.54 Å². The van der Waals surface area contributed by atoms with Crippen LogP contribution >= 0.6 is 0 Å². The minimum atomic E-state index is -0.0868. The quantitative estimate of drug-likeness (QED) is 0.256. The molecule has 0 aliphatic carbocycles. The number of furan rings is 1. The van der Waals surface area contributed by atoms with Crippen LogP contribution in [-0.2, 0) is 0 Å². The second kappa shape index (κ2) is 8.73. The molecule has 0 bridgehead atoms. The Bertz CT molecular complexity index is 1640. The zero-order valence-corrected chi connectivity index (χ0v) is 20.9. The Balaban J connectivity index is 1.38. The first-order chi connectivity index (χ1) is 17.5. The first kappa shape index (κ1) is 22.2. The Morgan fingerprint density at radius 2 is 1.06 bits per heavy atom. The van der Waals surface area contributed by atoms with E-state index < -0.39 is 0 Å². The lowest BCUT2D eigenvalue weighted by molar-refractivity contribution is 0.560. The van der Waals surface area contributed by atoms with Crippen molar-refractivity contribution in [2.75, 3.05) is 4.90 Å². The highest BCUT2D eigenvalue weighted by molar-refractivity contribution is 6.12. The molecule has 2 heteroatoms. The van der Waals surface area contributed by atoms with Gasteiger partial charge in [0.15, 0.2) is 0 Å². The SMILES string of the molecule is CC(C)(C)N(c1ccc(-c2ccccc2)cc1)c1ccc(-c2cccc3oc4ccccc4c23)cc1. The van der Waals surface area contributed by atoms with Crippen LogP contribution in [0.3, 0.4) is 0 Å². The van der Waals surface area contributed by atoms with Gasteiger partial charge in [0.2, 0.25) is 0 Å². The lowest BCUT2D eigenvalue weighted by atomic mass is 9.97. The number of anilines is 2. The molecular formula is C34H29NO. The van der Waals surface area contributed by atoms with Crippen LogP contribution in [0, 0.1) is 0 Å². The molecule has 0 aliphatic rings. The Labute approximate surface area is 212 Å². The first-order valence-corrected chi connectivity index (χ1v) is 12.5. The predicted octanol–water partition coefficient (Wildman–Crippen LogP) is 9.86. The Hall–Kier alpha value is -4.30. The molecule has 0 spiro atoms. The summed E-state index contributed by atoms with van der Waals surface area (Å²) in [4.78, 5) is 2.40. The molecule has 0 unspecified atom stereocenters. The molecule has 0 saturated carbocycles. The van der Waals surface area contributed by atoms with E-state index in [-0.39, 0.29) is 5.54 Å². The summed E-state index contributed by atoms with van der Waals surface area (Å²) in [6.45, 7) is 6.76. The number of para-hydroxylation sites is 1. The van der Waals surface area contributed by atoms with E-state index in [1.54, 1.807) is 0 Å². The lowest BCUT2D eigenvalue weighted by Crippen LogP contribution is -2.37. The van der Waals surface area contributed by atoms with E-state index >= 15 is 0 Å². The van der Waals surface area contributed by atoms with Crippen molar-refractivity contribution in [2.24, 2.45) is 0 Å². The number of hydrogen-bond acceptors (Lipinski definition) is 2. The molecule has 0 atom stereocenters. The lowest BCUT2D eigenvalue weighted by Gasteiger charge is -2.38. The minimum absolute atomic E-state index is 0.0868. The van der Waals surface area contributed by atoms with Gasteiger partial charge in [-0.1, -0.05) is 84.9 Å². The van der Waals surface area contributed by atoms with Gasteiger partial charge in [-0.3, -0.25) is 0 Å². The molecule has 0 saturated heterocycles. The van der Waals surface area contributed by atoms with E-state index in [9.17, 15) is 0 Å². The summed E-state index contributed by atoms with van der Waals surface area (Å²) in [5.41, 5.74) is 8.95. The van der Waals surface area contributed by atoms with Crippen LogP contribution in [0.25, 0.3) is 44.2 Å². The van der Waals surface area contributed by atoms with Crippen molar-refractivity contribution in [1.82, 2.24) is 0 Å². The maximum absolute atomic E-state index is 6.11. The van der Waals surface area contributed by atoms with Crippen molar-refractivity contribution < 1.29 is 4.42 Å². The number of hydrogen-bond donors (Lipinski definition) is 0. The molecule has 0 aliphatic heterocycles. The molecule has 0 amide bonds. The predicted molar refractivity (Wildman–Crippen MR) is 153 cm³/mol. The number of nitrogens with zero attached hydrogens (tertiary/aromatic N) is 1. The van der Waals surface area contributed by atoms with Crippen molar-refractivity contribution in [3.63, 3.8) is 0 Å². The summed E-state index contributed by atoms with van der Waals surface area (Å²) in [5, 5.41) is 2.33. The van der Waals surface area contributed by atoms with Crippen LogP contribution in [0.1, 0.15) is 20.8 Å². The smallest absolute Gasteiger partial charge is 0.136 e. The molecule has 6 aromatic rings. The van der Waals surface area contributed by atoms with E-state index in [0.717, 1.165) is 16.6 Å². The molecule has 1 aromatic heterocycles. The fourth-order valence-electron chi connectivity index (χ4n) is 5.16. The Kier molecular flexibility index (Phi) is 5.38. The van der Waals surface area contributed by atoms with E-state index in [0.29, 0.717) is 0 Å². The number of benzene rings is 5. The summed E-state index contributed by atoms with van der Waals surface area (Å²) in [6.07, 6.45) is 0. The van der Waals surface area contributed by atoms with Gasteiger partial charge in [-0.05, 0) is 79.4 Å². The molecule has 176 valence electrons. The molecule has 36 heavy (non-hydrogen) atoms. The zero-order valence-electron chi connectivity index (χ0n) is 20.9. The Morgan fingerprint density at radius 3 is 1.72 bits per heavy atom. The van der Waals surface area contributed by atoms with Crippen molar-refractivity contribution in [3.8, 4) is 22.3 Å². The average Bonchev–Trinajstić information content (AvgIpc) is 3.28. The van der Waals surface area contributed by atoms with Gasteiger partial charge in [0.1, 0.15) is 11.2 Å². The van der Waals surface area contributed by atoms with Crippen molar-refractivity contribution in [3.05, 3.63) is 121 Å². The third kappa shape index (κ3) is 3.95. The maximum atomic E-state index is 6.11. The first-order valence-electron chi connectivity index (χ1n) is 12.5. The normalized spacial score (nSPS) is 11.8. The molecule has 1 heterocycles. The topological polar surface area (TPSA) is 16.4 Å². The van der Waals surface area contributed by atoms with Gasteiger partial charge >= 0.3 is 0 Å². The molecule has 5 aromatic carbocycles. The van der Waals surface area contributed by atoms with Crippen LogP contribution in [0.5, 0.6) is 0 Å².